The first kappa shape index (κ1) is 14.2. The molecule has 4 unspecified atom stereocenters. The molecule has 2 rings (SSSR count). The second-order valence-electron chi connectivity index (χ2n) is 6.12. The molecule has 5 nitrogen and oxygen atoms in total. The van der Waals surface area contributed by atoms with Gasteiger partial charge in [-0.15, -0.1) is 0 Å². The van der Waals surface area contributed by atoms with Gasteiger partial charge < -0.3 is 5.11 Å². The minimum atomic E-state index is -0.882. The fraction of sp³-hybridized carbons (Fsp3) is 0.786. The van der Waals surface area contributed by atoms with Crippen molar-refractivity contribution >= 4 is 17.6 Å². The largest absolute Gasteiger partial charge is 0.392 e. The molecule has 19 heavy (non-hydrogen) atoms. The Hall–Kier alpha value is -1.23. The molecule has 2 aliphatic rings. The topological polar surface area (TPSA) is 83.5 Å². The summed E-state index contributed by atoms with van der Waals surface area (Å²) in [5.41, 5.74) is 0. The molecule has 1 saturated carbocycles. The lowest BCUT2D eigenvalue weighted by atomic mass is 9.70. The maximum atomic E-state index is 12.2. The predicted molar refractivity (Wildman–Crippen MR) is 67.9 cm³/mol. The van der Waals surface area contributed by atoms with Crippen molar-refractivity contribution in [2.45, 2.75) is 45.6 Å². The van der Waals surface area contributed by atoms with Crippen molar-refractivity contribution in [3.05, 3.63) is 0 Å². The molecule has 2 N–H and O–H groups in total. The summed E-state index contributed by atoms with van der Waals surface area (Å²) in [4.78, 5) is 34.9. The second kappa shape index (κ2) is 5.41. The van der Waals surface area contributed by atoms with Gasteiger partial charge in [0.15, 0.2) is 0 Å². The van der Waals surface area contributed by atoms with Crippen molar-refractivity contribution < 1.29 is 19.5 Å². The number of piperidine rings is 1. The molecule has 1 aliphatic carbocycles. The Balaban J connectivity index is 2.09. The lowest BCUT2D eigenvalue weighted by Crippen LogP contribution is -2.47. The van der Waals surface area contributed by atoms with Gasteiger partial charge in [-0.3, -0.25) is 19.7 Å². The van der Waals surface area contributed by atoms with Crippen LogP contribution in [0.5, 0.6) is 0 Å². The zero-order chi connectivity index (χ0) is 14.2. The first-order valence-electron chi connectivity index (χ1n) is 6.93. The average Bonchev–Trinajstić information content (AvgIpc) is 2.31. The number of hydrogen-bond acceptors (Lipinski definition) is 4. The monoisotopic (exact) mass is 267 g/mol. The molecule has 106 valence electrons. The van der Waals surface area contributed by atoms with Crippen molar-refractivity contribution in [2.24, 2.45) is 23.7 Å². The lowest BCUT2D eigenvalue weighted by Gasteiger charge is -2.36. The Labute approximate surface area is 112 Å². The zero-order valence-electron chi connectivity index (χ0n) is 11.4. The van der Waals surface area contributed by atoms with Crippen LogP contribution in [0.4, 0.5) is 0 Å². The van der Waals surface area contributed by atoms with Crippen molar-refractivity contribution in [3.8, 4) is 0 Å². The van der Waals surface area contributed by atoms with E-state index in [1.807, 2.05) is 6.92 Å². The Kier molecular flexibility index (Phi) is 4.04. The second-order valence-corrected chi connectivity index (χ2v) is 6.12. The third kappa shape index (κ3) is 3.03. The minimum absolute atomic E-state index is 0.0449. The molecule has 2 amide bonds. The van der Waals surface area contributed by atoms with Crippen LogP contribution in [0.25, 0.3) is 0 Å². The van der Waals surface area contributed by atoms with Crippen LogP contribution in [-0.4, -0.2) is 28.8 Å². The first-order chi connectivity index (χ1) is 8.88. The number of amides is 2. The van der Waals surface area contributed by atoms with Crippen LogP contribution in [0.2, 0.25) is 0 Å². The highest BCUT2D eigenvalue weighted by Gasteiger charge is 2.41. The highest BCUT2D eigenvalue weighted by molar-refractivity contribution is 5.98. The van der Waals surface area contributed by atoms with E-state index in [-0.39, 0.29) is 36.4 Å². The molecule has 1 heterocycles. The van der Waals surface area contributed by atoms with E-state index >= 15 is 0 Å². The van der Waals surface area contributed by atoms with E-state index in [4.69, 9.17) is 0 Å². The normalized spacial score (nSPS) is 35.1. The zero-order valence-corrected chi connectivity index (χ0v) is 11.4. The molecule has 2 fully saturated rings. The van der Waals surface area contributed by atoms with Gasteiger partial charge in [-0.05, 0) is 18.8 Å². The molecule has 0 aromatic heterocycles. The number of imide groups is 1. The van der Waals surface area contributed by atoms with Gasteiger partial charge >= 0.3 is 0 Å². The fourth-order valence-electron chi connectivity index (χ4n) is 3.41. The Bertz CT molecular complexity index is 390. The van der Waals surface area contributed by atoms with E-state index in [1.165, 1.54) is 0 Å². The molecule has 0 bridgehead atoms. The van der Waals surface area contributed by atoms with Gasteiger partial charge in [0, 0.05) is 30.6 Å². The van der Waals surface area contributed by atoms with Crippen LogP contribution in [0.3, 0.4) is 0 Å². The summed E-state index contributed by atoms with van der Waals surface area (Å²) in [6.45, 7) is 3.96. The van der Waals surface area contributed by atoms with E-state index in [9.17, 15) is 19.5 Å². The van der Waals surface area contributed by atoms with E-state index in [1.54, 1.807) is 0 Å². The smallest absolute Gasteiger partial charge is 0.226 e. The molecule has 1 saturated heterocycles. The number of hydrogen-bond donors (Lipinski definition) is 2. The third-order valence-electron chi connectivity index (χ3n) is 4.33. The van der Waals surface area contributed by atoms with Gasteiger partial charge in [-0.1, -0.05) is 13.8 Å². The van der Waals surface area contributed by atoms with Crippen LogP contribution in [-0.2, 0) is 14.4 Å². The number of Topliss-reactive ketones (excluding diaryl/α,β-unsaturated/α-hetero) is 1. The molecule has 0 aromatic rings. The van der Waals surface area contributed by atoms with Gasteiger partial charge in [0.05, 0.1) is 6.10 Å². The standard InChI is InChI=1S/C14H21NO4/c1-7-3-8(2)13(18)10(4-7)14(19)9-5-11(16)15-12(17)6-9/h7-10,14,19H,3-6H2,1-2H3,(H,15,16,17). The van der Waals surface area contributed by atoms with Crippen LogP contribution in [0.1, 0.15) is 39.5 Å². The van der Waals surface area contributed by atoms with Gasteiger partial charge in [-0.2, -0.15) is 0 Å². The van der Waals surface area contributed by atoms with Gasteiger partial charge in [-0.25, -0.2) is 0 Å². The molecule has 0 aromatic carbocycles. The van der Waals surface area contributed by atoms with Crippen molar-refractivity contribution in [3.63, 3.8) is 0 Å². The number of aliphatic hydroxyl groups excluding tert-OH is 1. The molecular weight excluding hydrogens is 246 g/mol. The maximum absolute atomic E-state index is 12.2. The molecule has 0 spiro atoms. The van der Waals surface area contributed by atoms with Gasteiger partial charge in [0.2, 0.25) is 11.8 Å². The number of ketones is 1. The average molecular weight is 267 g/mol. The Morgan fingerprint density at radius 2 is 1.68 bits per heavy atom. The summed E-state index contributed by atoms with van der Waals surface area (Å²) < 4.78 is 0. The first-order valence-corrected chi connectivity index (χ1v) is 6.93. The molecule has 5 heteroatoms. The summed E-state index contributed by atoms with van der Waals surface area (Å²) in [5, 5.41) is 12.6. The van der Waals surface area contributed by atoms with E-state index in [0.717, 1.165) is 6.42 Å². The fourth-order valence-corrected chi connectivity index (χ4v) is 3.41. The summed E-state index contributed by atoms with van der Waals surface area (Å²) >= 11 is 0. The maximum Gasteiger partial charge on any atom is 0.226 e. The summed E-state index contributed by atoms with van der Waals surface area (Å²) in [6, 6.07) is 0. The lowest BCUT2D eigenvalue weighted by molar-refractivity contribution is -0.143. The quantitative estimate of drug-likeness (QED) is 0.720. The Morgan fingerprint density at radius 1 is 1.11 bits per heavy atom. The number of carbonyl (C=O) groups is 3. The molecular formula is C14H21NO4. The van der Waals surface area contributed by atoms with E-state index in [0.29, 0.717) is 12.3 Å². The summed E-state index contributed by atoms with van der Waals surface area (Å²) in [6.07, 6.45) is 0.870. The number of rotatable bonds is 2. The van der Waals surface area contributed by atoms with Crippen molar-refractivity contribution in [1.29, 1.82) is 0 Å². The van der Waals surface area contributed by atoms with Crippen molar-refractivity contribution in [2.75, 3.05) is 0 Å². The van der Waals surface area contributed by atoms with E-state index in [2.05, 4.69) is 12.2 Å². The van der Waals surface area contributed by atoms with Crippen LogP contribution < -0.4 is 5.32 Å². The molecule has 1 aliphatic heterocycles. The van der Waals surface area contributed by atoms with Crippen LogP contribution in [0.15, 0.2) is 0 Å². The van der Waals surface area contributed by atoms with E-state index < -0.39 is 17.9 Å². The third-order valence-corrected chi connectivity index (χ3v) is 4.33. The van der Waals surface area contributed by atoms with Crippen LogP contribution in [0, 0.1) is 23.7 Å². The Morgan fingerprint density at radius 3 is 2.26 bits per heavy atom. The van der Waals surface area contributed by atoms with Crippen molar-refractivity contribution in [1.82, 2.24) is 5.32 Å². The summed E-state index contributed by atoms with van der Waals surface area (Å²) in [7, 11) is 0. The highest BCUT2D eigenvalue weighted by atomic mass is 16.3. The van der Waals surface area contributed by atoms with Crippen LogP contribution >= 0.6 is 0 Å². The number of aliphatic hydroxyl groups is 1. The summed E-state index contributed by atoms with van der Waals surface area (Å²) in [5.74, 6) is -1.15. The predicted octanol–water partition coefficient (Wildman–Crippen LogP) is 0.651. The molecule has 4 atom stereocenters. The number of carbonyl (C=O) groups excluding carboxylic acids is 3. The highest BCUT2D eigenvalue weighted by Crippen LogP contribution is 2.35. The number of nitrogens with one attached hydrogen (secondary N) is 1. The SMILES string of the molecule is CC1CC(C)C(=O)C(C(O)C2CC(=O)NC(=O)C2)C1. The van der Waals surface area contributed by atoms with Gasteiger partial charge in [0.25, 0.3) is 0 Å². The van der Waals surface area contributed by atoms with Gasteiger partial charge in [0.1, 0.15) is 5.78 Å². The minimum Gasteiger partial charge on any atom is -0.392 e. The molecule has 0 radical (unpaired) electrons.